The minimum Gasteiger partial charge on any atom is -0.456 e. The van der Waals surface area contributed by atoms with Crippen molar-refractivity contribution < 1.29 is 47.3 Å². The van der Waals surface area contributed by atoms with Crippen molar-refractivity contribution in [1.82, 2.24) is 0 Å². The maximum Gasteiger partial charge on any atom is 0.305 e. The van der Waals surface area contributed by atoms with E-state index >= 15 is 0 Å². The molecule has 0 N–H and O–H groups in total. The smallest absolute Gasteiger partial charge is 0.305 e. The van der Waals surface area contributed by atoms with Crippen molar-refractivity contribution in [2.75, 3.05) is 6.67 Å². The van der Waals surface area contributed by atoms with Crippen LogP contribution in [0.1, 0.15) is 27.7 Å². The Bertz CT molecular complexity index is 506. The predicted molar refractivity (Wildman–Crippen MR) is 73.1 cm³/mol. The Morgan fingerprint density at radius 2 is 1.17 bits per heavy atom. The standard InChI is InChI=1S/C14H19FO9/c1-6(16)20-11-10(5-15)24-14(23-9(4)19)13(22-8(3)18)12(11)21-7(2)17/h10-14H,5H2,1-4H3/t10?,11-,12-,13+,14?/m1/s1. The molecule has 1 heterocycles. The fourth-order valence-electron chi connectivity index (χ4n) is 2.24. The first-order valence-electron chi connectivity index (χ1n) is 7.06. The summed E-state index contributed by atoms with van der Waals surface area (Å²) in [6.07, 6.45) is -7.12. The zero-order chi connectivity index (χ0) is 18.4. The van der Waals surface area contributed by atoms with Gasteiger partial charge >= 0.3 is 23.9 Å². The second-order valence-electron chi connectivity index (χ2n) is 5.03. The molecule has 1 fully saturated rings. The molecule has 0 amide bonds. The SMILES string of the molecule is CC(=O)OC1OC(CF)[C@@H](OC(C)=O)[C@@H](OC(C)=O)[C@@H]1OC(C)=O. The number of hydrogen-bond donors (Lipinski definition) is 0. The molecule has 10 heteroatoms. The molecule has 0 aromatic carbocycles. The summed E-state index contributed by atoms with van der Waals surface area (Å²) in [7, 11) is 0. The monoisotopic (exact) mass is 350 g/mol. The zero-order valence-electron chi connectivity index (χ0n) is 13.6. The summed E-state index contributed by atoms with van der Waals surface area (Å²) >= 11 is 0. The van der Waals surface area contributed by atoms with E-state index in [9.17, 15) is 23.6 Å². The fourth-order valence-corrected chi connectivity index (χ4v) is 2.24. The Balaban J connectivity index is 3.23. The number of alkyl halides is 1. The van der Waals surface area contributed by atoms with Crippen LogP contribution in [0.5, 0.6) is 0 Å². The molecule has 0 saturated carbocycles. The molecule has 0 aromatic rings. The van der Waals surface area contributed by atoms with Crippen molar-refractivity contribution in [2.45, 2.75) is 58.4 Å². The van der Waals surface area contributed by atoms with Crippen molar-refractivity contribution in [3.63, 3.8) is 0 Å². The van der Waals surface area contributed by atoms with Crippen molar-refractivity contribution in [1.29, 1.82) is 0 Å². The van der Waals surface area contributed by atoms with Crippen LogP contribution in [0.15, 0.2) is 0 Å². The fraction of sp³-hybridized carbons (Fsp3) is 0.714. The van der Waals surface area contributed by atoms with E-state index in [1.54, 1.807) is 0 Å². The van der Waals surface area contributed by atoms with E-state index in [1.807, 2.05) is 0 Å². The molecule has 1 saturated heterocycles. The van der Waals surface area contributed by atoms with Gasteiger partial charge in [0, 0.05) is 27.7 Å². The molecule has 0 spiro atoms. The molecule has 1 rings (SSSR count). The third-order valence-corrected chi connectivity index (χ3v) is 2.93. The second-order valence-corrected chi connectivity index (χ2v) is 5.03. The summed E-state index contributed by atoms with van der Waals surface area (Å²) in [4.78, 5) is 45.1. The maximum absolute atomic E-state index is 13.3. The molecular formula is C14H19FO9. The van der Waals surface area contributed by atoms with Crippen LogP contribution >= 0.6 is 0 Å². The van der Waals surface area contributed by atoms with Crippen LogP contribution in [0.4, 0.5) is 4.39 Å². The number of esters is 4. The van der Waals surface area contributed by atoms with E-state index < -0.39 is 61.3 Å². The molecule has 0 radical (unpaired) electrons. The van der Waals surface area contributed by atoms with Crippen LogP contribution in [0, 0.1) is 0 Å². The summed E-state index contributed by atoms with van der Waals surface area (Å²) in [5.41, 5.74) is 0. The average molecular weight is 350 g/mol. The maximum atomic E-state index is 13.3. The van der Waals surface area contributed by atoms with Crippen molar-refractivity contribution in [3.05, 3.63) is 0 Å². The lowest BCUT2D eigenvalue weighted by molar-refractivity contribution is -0.297. The highest BCUT2D eigenvalue weighted by Crippen LogP contribution is 2.29. The van der Waals surface area contributed by atoms with E-state index in [0.29, 0.717) is 0 Å². The lowest BCUT2D eigenvalue weighted by Gasteiger charge is -2.43. The number of carbonyl (C=O) groups is 4. The van der Waals surface area contributed by atoms with Crippen LogP contribution < -0.4 is 0 Å². The van der Waals surface area contributed by atoms with Gasteiger partial charge in [0.1, 0.15) is 12.8 Å². The summed E-state index contributed by atoms with van der Waals surface area (Å²) < 4.78 is 38.4. The molecule has 136 valence electrons. The topological polar surface area (TPSA) is 114 Å². The molecule has 0 aliphatic carbocycles. The number of carbonyl (C=O) groups excluding carboxylic acids is 4. The highest BCUT2D eigenvalue weighted by Gasteiger charge is 2.53. The van der Waals surface area contributed by atoms with Gasteiger partial charge in [-0.15, -0.1) is 0 Å². The van der Waals surface area contributed by atoms with Gasteiger partial charge in [-0.05, 0) is 0 Å². The van der Waals surface area contributed by atoms with Crippen LogP contribution in [-0.4, -0.2) is 61.3 Å². The Labute approximate surface area is 137 Å². The van der Waals surface area contributed by atoms with Crippen LogP contribution in [0.25, 0.3) is 0 Å². The van der Waals surface area contributed by atoms with Gasteiger partial charge in [0.15, 0.2) is 12.2 Å². The Kier molecular flexibility index (Phi) is 7.08. The van der Waals surface area contributed by atoms with Gasteiger partial charge in [-0.3, -0.25) is 19.2 Å². The lowest BCUT2D eigenvalue weighted by Crippen LogP contribution is -2.62. The van der Waals surface area contributed by atoms with Crippen molar-refractivity contribution in [2.24, 2.45) is 0 Å². The molecule has 5 atom stereocenters. The summed E-state index contributed by atoms with van der Waals surface area (Å²) in [6, 6.07) is 0. The molecule has 9 nitrogen and oxygen atoms in total. The molecule has 24 heavy (non-hydrogen) atoms. The highest BCUT2D eigenvalue weighted by atomic mass is 19.1. The number of ether oxygens (including phenoxy) is 5. The molecule has 1 aliphatic heterocycles. The van der Waals surface area contributed by atoms with Crippen LogP contribution in [-0.2, 0) is 42.9 Å². The van der Waals surface area contributed by atoms with Gasteiger partial charge in [-0.25, -0.2) is 4.39 Å². The summed E-state index contributed by atoms with van der Waals surface area (Å²) in [5.74, 6) is -3.16. The van der Waals surface area contributed by atoms with Gasteiger partial charge in [0.05, 0.1) is 0 Å². The van der Waals surface area contributed by atoms with Gasteiger partial charge < -0.3 is 23.7 Å². The van der Waals surface area contributed by atoms with Gasteiger partial charge in [0.2, 0.25) is 12.4 Å². The summed E-state index contributed by atoms with van der Waals surface area (Å²) in [6.45, 7) is 3.14. The van der Waals surface area contributed by atoms with E-state index in [4.69, 9.17) is 23.7 Å². The third-order valence-electron chi connectivity index (χ3n) is 2.93. The Morgan fingerprint density at radius 1 is 0.750 bits per heavy atom. The molecule has 2 unspecified atom stereocenters. The van der Waals surface area contributed by atoms with Gasteiger partial charge in [-0.1, -0.05) is 0 Å². The number of rotatable bonds is 5. The van der Waals surface area contributed by atoms with E-state index in [-0.39, 0.29) is 0 Å². The quantitative estimate of drug-likeness (QED) is 0.500. The van der Waals surface area contributed by atoms with E-state index in [1.165, 1.54) is 0 Å². The first-order chi connectivity index (χ1) is 11.1. The molecule has 0 aromatic heterocycles. The van der Waals surface area contributed by atoms with Crippen molar-refractivity contribution >= 4 is 23.9 Å². The lowest BCUT2D eigenvalue weighted by atomic mass is 9.98. The van der Waals surface area contributed by atoms with Crippen molar-refractivity contribution in [3.8, 4) is 0 Å². The van der Waals surface area contributed by atoms with Crippen LogP contribution in [0.3, 0.4) is 0 Å². The first kappa shape index (κ1) is 19.8. The Morgan fingerprint density at radius 3 is 1.58 bits per heavy atom. The summed E-state index contributed by atoms with van der Waals surface area (Å²) in [5, 5.41) is 0. The Hall–Kier alpha value is -2.23. The van der Waals surface area contributed by atoms with E-state index in [2.05, 4.69) is 0 Å². The number of hydrogen-bond acceptors (Lipinski definition) is 9. The number of halogens is 1. The molecule has 0 bridgehead atoms. The minimum absolute atomic E-state index is 0.785. The zero-order valence-corrected chi connectivity index (χ0v) is 13.6. The molecular weight excluding hydrogens is 331 g/mol. The minimum atomic E-state index is -1.52. The second kappa shape index (κ2) is 8.57. The largest absolute Gasteiger partial charge is 0.456 e. The van der Waals surface area contributed by atoms with Gasteiger partial charge in [0.25, 0.3) is 0 Å². The van der Waals surface area contributed by atoms with E-state index in [0.717, 1.165) is 27.7 Å². The third kappa shape index (κ3) is 5.44. The normalized spacial score (nSPS) is 29.3. The average Bonchev–Trinajstić information content (AvgIpc) is 2.42. The van der Waals surface area contributed by atoms with Crippen LogP contribution in [0.2, 0.25) is 0 Å². The van der Waals surface area contributed by atoms with Gasteiger partial charge in [-0.2, -0.15) is 0 Å². The highest BCUT2D eigenvalue weighted by molar-refractivity contribution is 5.69. The predicted octanol–water partition coefficient (Wildman–Crippen LogP) is 0.0390. The first-order valence-corrected chi connectivity index (χ1v) is 7.06. The molecule has 1 aliphatic rings.